The first-order valence-corrected chi connectivity index (χ1v) is 14.0. The van der Waals surface area contributed by atoms with E-state index in [1.807, 2.05) is 68.4 Å². The van der Waals surface area contributed by atoms with Crippen LogP contribution in [0.5, 0.6) is 0 Å². The average molecular weight is 572 g/mol. The third-order valence-electron chi connectivity index (χ3n) is 5.95. The Morgan fingerprint density at radius 3 is 2.22 bits per heavy atom. The smallest absolute Gasteiger partial charge is 0.243 e. The van der Waals surface area contributed by atoms with Crippen molar-refractivity contribution in [3.8, 4) is 0 Å². The summed E-state index contributed by atoms with van der Waals surface area (Å²) in [5.74, 6) is 0.283. The summed E-state index contributed by atoms with van der Waals surface area (Å²) in [5, 5.41) is 3.06. The summed E-state index contributed by atoms with van der Waals surface area (Å²) in [4.78, 5) is 28.7. The average Bonchev–Trinajstić information content (AvgIpc) is 2.88. The van der Waals surface area contributed by atoms with Gasteiger partial charge >= 0.3 is 0 Å². The van der Waals surface area contributed by atoms with Crippen molar-refractivity contribution in [2.24, 2.45) is 0 Å². The molecule has 0 spiro atoms. The molecule has 7 heteroatoms. The molecule has 190 valence electrons. The van der Waals surface area contributed by atoms with E-state index in [1.165, 1.54) is 23.9 Å². The number of nitrogens with zero attached hydrogens (tertiary/aromatic N) is 1. The standard InChI is InChI=1S/C29H32BrFN2O2S/c1-3-21(2)32-29(35)27(17-22-7-5-4-6-8-22)33(18-23-11-15-26(31)16-12-23)28(34)20-36-19-24-9-13-25(30)14-10-24/h4-16,21,27H,3,17-20H2,1-2H3,(H,32,35). The van der Waals surface area contributed by atoms with Crippen LogP contribution in [0.3, 0.4) is 0 Å². The monoisotopic (exact) mass is 570 g/mol. The molecule has 0 saturated heterocycles. The highest BCUT2D eigenvalue weighted by atomic mass is 79.9. The van der Waals surface area contributed by atoms with Gasteiger partial charge in [-0.2, -0.15) is 0 Å². The molecule has 0 heterocycles. The molecule has 0 aliphatic heterocycles. The van der Waals surface area contributed by atoms with Crippen molar-refractivity contribution in [2.45, 2.75) is 51.1 Å². The minimum Gasteiger partial charge on any atom is -0.352 e. The molecule has 3 rings (SSSR count). The van der Waals surface area contributed by atoms with Crippen LogP contribution in [-0.4, -0.2) is 34.6 Å². The van der Waals surface area contributed by atoms with Crippen LogP contribution in [0, 0.1) is 5.82 Å². The van der Waals surface area contributed by atoms with Gasteiger partial charge < -0.3 is 10.2 Å². The Balaban J connectivity index is 1.84. The van der Waals surface area contributed by atoms with E-state index < -0.39 is 6.04 Å². The molecule has 36 heavy (non-hydrogen) atoms. The van der Waals surface area contributed by atoms with Crippen molar-refractivity contribution in [3.05, 3.63) is 106 Å². The molecule has 0 radical (unpaired) electrons. The third-order valence-corrected chi connectivity index (χ3v) is 7.46. The number of nitrogens with one attached hydrogen (secondary N) is 1. The van der Waals surface area contributed by atoms with Crippen molar-refractivity contribution < 1.29 is 14.0 Å². The molecule has 2 atom stereocenters. The topological polar surface area (TPSA) is 49.4 Å². The summed E-state index contributed by atoms with van der Waals surface area (Å²) in [7, 11) is 0. The van der Waals surface area contributed by atoms with E-state index in [9.17, 15) is 14.0 Å². The van der Waals surface area contributed by atoms with Gasteiger partial charge in [0.25, 0.3) is 0 Å². The maximum absolute atomic E-state index is 13.6. The largest absolute Gasteiger partial charge is 0.352 e. The van der Waals surface area contributed by atoms with Crippen LogP contribution in [0.1, 0.15) is 37.0 Å². The van der Waals surface area contributed by atoms with E-state index in [0.717, 1.165) is 27.6 Å². The maximum Gasteiger partial charge on any atom is 0.243 e. The first-order chi connectivity index (χ1) is 17.4. The van der Waals surface area contributed by atoms with E-state index in [-0.39, 0.29) is 36.0 Å². The lowest BCUT2D eigenvalue weighted by molar-refractivity contribution is -0.139. The van der Waals surface area contributed by atoms with E-state index in [0.29, 0.717) is 12.2 Å². The highest BCUT2D eigenvalue weighted by Gasteiger charge is 2.30. The summed E-state index contributed by atoms with van der Waals surface area (Å²) in [5.41, 5.74) is 2.87. The second-order valence-electron chi connectivity index (χ2n) is 8.79. The zero-order chi connectivity index (χ0) is 25.9. The van der Waals surface area contributed by atoms with Gasteiger partial charge in [0.05, 0.1) is 5.75 Å². The lowest BCUT2D eigenvalue weighted by Crippen LogP contribution is -2.52. The Kier molecular flexibility index (Phi) is 11.0. The number of halogens is 2. The first-order valence-electron chi connectivity index (χ1n) is 12.1. The summed E-state index contributed by atoms with van der Waals surface area (Å²) < 4.78 is 14.5. The Hall–Kier alpha value is -2.64. The Morgan fingerprint density at radius 1 is 0.944 bits per heavy atom. The van der Waals surface area contributed by atoms with Crippen molar-refractivity contribution in [1.29, 1.82) is 0 Å². The second kappa shape index (κ2) is 14.2. The fourth-order valence-corrected chi connectivity index (χ4v) is 4.84. The van der Waals surface area contributed by atoms with Crippen molar-refractivity contribution >= 4 is 39.5 Å². The summed E-state index contributed by atoms with van der Waals surface area (Å²) in [6, 6.07) is 23.1. The minimum absolute atomic E-state index is 0.00896. The van der Waals surface area contributed by atoms with Crippen LogP contribution >= 0.6 is 27.7 Å². The van der Waals surface area contributed by atoms with Crippen molar-refractivity contribution in [3.63, 3.8) is 0 Å². The highest BCUT2D eigenvalue weighted by Crippen LogP contribution is 2.20. The summed E-state index contributed by atoms with van der Waals surface area (Å²) >= 11 is 4.96. The van der Waals surface area contributed by atoms with Gasteiger partial charge in [-0.1, -0.05) is 77.5 Å². The van der Waals surface area contributed by atoms with Crippen molar-refractivity contribution in [2.75, 3.05) is 5.75 Å². The second-order valence-corrected chi connectivity index (χ2v) is 10.7. The molecule has 3 aromatic carbocycles. The SMILES string of the molecule is CCC(C)NC(=O)C(Cc1ccccc1)N(Cc1ccc(F)cc1)C(=O)CSCc1ccc(Br)cc1. The number of hydrogen-bond donors (Lipinski definition) is 1. The van der Waals surface area contributed by atoms with Crippen molar-refractivity contribution in [1.82, 2.24) is 10.2 Å². The molecule has 0 aliphatic carbocycles. The number of benzene rings is 3. The van der Waals surface area contributed by atoms with Gasteiger partial charge in [-0.25, -0.2) is 4.39 Å². The molecule has 2 unspecified atom stereocenters. The van der Waals surface area contributed by atoms with Gasteiger partial charge in [0.15, 0.2) is 0 Å². The summed E-state index contributed by atoms with van der Waals surface area (Å²) in [6.45, 7) is 4.19. The number of rotatable bonds is 12. The molecule has 0 saturated carbocycles. The molecule has 0 fully saturated rings. The van der Waals surface area contributed by atoms with Crippen LogP contribution in [0.25, 0.3) is 0 Å². The lowest BCUT2D eigenvalue weighted by atomic mass is 10.0. The van der Waals surface area contributed by atoms with E-state index in [4.69, 9.17) is 0 Å². The molecular formula is C29H32BrFN2O2S. The van der Waals surface area contributed by atoms with Crippen LogP contribution in [-0.2, 0) is 28.3 Å². The maximum atomic E-state index is 13.6. The quantitative estimate of drug-likeness (QED) is 0.275. The zero-order valence-electron chi connectivity index (χ0n) is 20.6. The molecule has 0 aromatic heterocycles. The number of carbonyl (C=O) groups excluding carboxylic acids is 2. The van der Waals surface area contributed by atoms with Crippen LogP contribution in [0.15, 0.2) is 83.3 Å². The van der Waals surface area contributed by atoms with Gasteiger partial charge in [0.1, 0.15) is 11.9 Å². The lowest BCUT2D eigenvalue weighted by Gasteiger charge is -2.32. The van der Waals surface area contributed by atoms with Crippen LogP contribution in [0.2, 0.25) is 0 Å². The highest BCUT2D eigenvalue weighted by molar-refractivity contribution is 9.10. The molecule has 0 bridgehead atoms. The van der Waals surface area contributed by atoms with Gasteiger partial charge in [-0.15, -0.1) is 11.8 Å². The molecular weight excluding hydrogens is 539 g/mol. The van der Waals surface area contributed by atoms with Gasteiger partial charge in [0.2, 0.25) is 11.8 Å². The van der Waals surface area contributed by atoms with Gasteiger partial charge in [0, 0.05) is 29.2 Å². The predicted octanol–water partition coefficient (Wildman–Crippen LogP) is 6.38. The van der Waals surface area contributed by atoms with Gasteiger partial charge in [-0.3, -0.25) is 9.59 Å². The number of carbonyl (C=O) groups is 2. The number of hydrogen-bond acceptors (Lipinski definition) is 3. The van der Waals surface area contributed by atoms with E-state index in [2.05, 4.69) is 21.2 Å². The summed E-state index contributed by atoms with van der Waals surface area (Å²) in [6.07, 6.45) is 1.19. The third kappa shape index (κ3) is 8.79. The molecule has 3 aromatic rings. The molecule has 0 aliphatic rings. The van der Waals surface area contributed by atoms with E-state index in [1.54, 1.807) is 17.0 Å². The van der Waals surface area contributed by atoms with E-state index >= 15 is 0 Å². The fraction of sp³-hybridized carbons (Fsp3) is 0.310. The molecule has 1 N–H and O–H groups in total. The zero-order valence-corrected chi connectivity index (χ0v) is 23.0. The molecule has 4 nitrogen and oxygen atoms in total. The number of amides is 2. The van der Waals surface area contributed by atoms with Crippen LogP contribution in [0.4, 0.5) is 4.39 Å². The molecule has 2 amide bonds. The Bertz CT molecular complexity index is 1110. The minimum atomic E-state index is -0.688. The Labute approximate surface area is 225 Å². The van der Waals surface area contributed by atoms with Crippen LogP contribution < -0.4 is 5.32 Å². The Morgan fingerprint density at radius 2 is 1.58 bits per heavy atom. The number of thioether (sulfide) groups is 1. The fourth-order valence-electron chi connectivity index (χ4n) is 3.70. The van der Waals surface area contributed by atoms with Gasteiger partial charge in [-0.05, 0) is 54.3 Å². The first kappa shape index (κ1) is 27.9. The predicted molar refractivity (Wildman–Crippen MR) is 149 cm³/mol. The normalized spacial score (nSPS) is 12.6.